The van der Waals surface area contributed by atoms with Crippen LogP contribution in [0.4, 0.5) is 5.69 Å². The van der Waals surface area contributed by atoms with Crippen molar-refractivity contribution in [1.29, 1.82) is 0 Å². The molecule has 0 radical (unpaired) electrons. The van der Waals surface area contributed by atoms with Crippen LogP contribution in [0.15, 0.2) is 24.3 Å². The van der Waals surface area contributed by atoms with Crippen LogP contribution in [0.2, 0.25) is 0 Å². The summed E-state index contributed by atoms with van der Waals surface area (Å²) in [4.78, 5) is 12.5. The van der Waals surface area contributed by atoms with E-state index in [0.29, 0.717) is 5.82 Å². The minimum Gasteiger partial charge on any atom is -0.324 e. The van der Waals surface area contributed by atoms with E-state index in [4.69, 9.17) is 0 Å². The van der Waals surface area contributed by atoms with Crippen molar-refractivity contribution < 1.29 is 4.79 Å². The van der Waals surface area contributed by atoms with Gasteiger partial charge in [-0.3, -0.25) is 4.79 Å². The van der Waals surface area contributed by atoms with Crippen LogP contribution in [0.1, 0.15) is 26.2 Å². The number of H-pyrrole nitrogens is 1. The topological polar surface area (TPSA) is 95.6 Å². The van der Waals surface area contributed by atoms with E-state index in [1.54, 1.807) is 0 Å². The lowest BCUT2D eigenvalue weighted by molar-refractivity contribution is -0.122. The standard InChI is InChI=1S/C14H18N6O/c1-2-14(7-4-8-15-14)13(21)16-11-6-3-5-10(9-11)12-17-19-20-18-12/h3,5-6,9,15H,2,4,7-8H2,1H3,(H,16,21)(H,17,18,19,20). The number of carbonyl (C=O) groups is 1. The summed E-state index contributed by atoms with van der Waals surface area (Å²) < 4.78 is 0. The van der Waals surface area contributed by atoms with Gasteiger partial charge in [0.05, 0.1) is 5.54 Å². The van der Waals surface area contributed by atoms with Gasteiger partial charge in [-0.25, -0.2) is 0 Å². The van der Waals surface area contributed by atoms with Crippen LogP contribution in [0.3, 0.4) is 0 Å². The number of aromatic amines is 1. The molecule has 1 aromatic heterocycles. The Labute approximate surface area is 122 Å². The van der Waals surface area contributed by atoms with Crippen molar-refractivity contribution in [2.75, 3.05) is 11.9 Å². The first-order chi connectivity index (χ1) is 10.2. The van der Waals surface area contributed by atoms with E-state index >= 15 is 0 Å². The number of amides is 1. The molecule has 1 aromatic carbocycles. The molecule has 1 atom stereocenters. The monoisotopic (exact) mass is 286 g/mol. The summed E-state index contributed by atoms with van der Waals surface area (Å²) in [6, 6.07) is 7.45. The molecule has 1 amide bonds. The summed E-state index contributed by atoms with van der Waals surface area (Å²) in [7, 11) is 0. The molecule has 1 saturated heterocycles. The maximum Gasteiger partial charge on any atom is 0.244 e. The Morgan fingerprint density at radius 3 is 3.05 bits per heavy atom. The Morgan fingerprint density at radius 2 is 2.38 bits per heavy atom. The lowest BCUT2D eigenvalue weighted by Crippen LogP contribution is -2.50. The van der Waals surface area contributed by atoms with E-state index in [-0.39, 0.29) is 5.91 Å². The molecule has 1 fully saturated rings. The van der Waals surface area contributed by atoms with Gasteiger partial charge in [0, 0.05) is 11.3 Å². The van der Waals surface area contributed by atoms with Crippen molar-refractivity contribution in [1.82, 2.24) is 25.9 Å². The molecule has 1 aliphatic heterocycles. The molecule has 2 aromatic rings. The summed E-state index contributed by atoms with van der Waals surface area (Å²) in [6.45, 7) is 2.93. The minimum absolute atomic E-state index is 0.0211. The highest BCUT2D eigenvalue weighted by molar-refractivity contribution is 5.98. The molecular weight excluding hydrogens is 268 g/mol. The highest BCUT2D eigenvalue weighted by Crippen LogP contribution is 2.26. The van der Waals surface area contributed by atoms with E-state index in [2.05, 4.69) is 31.3 Å². The second-order valence-electron chi connectivity index (χ2n) is 5.24. The van der Waals surface area contributed by atoms with Gasteiger partial charge in [0.2, 0.25) is 11.7 Å². The van der Waals surface area contributed by atoms with Crippen molar-refractivity contribution in [2.45, 2.75) is 31.7 Å². The molecule has 3 rings (SSSR count). The molecule has 1 unspecified atom stereocenters. The highest BCUT2D eigenvalue weighted by Gasteiger charge is 2.39. The van der Waals surface area contributed by atoms with Crippen molar-refractivity contribution in [3.8, 4) is 11.4 Å². The number of hydrogen-bond donors (Lipinski definition) is 3. The van der Waals surface area contributed by atoms with Crippen LogP contribution in [-0.2, 0) is 4.79 Å². The molecule has 0 spiro atoms. The van der Waals surface area contributed by atoms with E-state index in [1.165, 1.54) is 0 Å². The van der Waals surface area contributed by atoms with Gasteiger partial charge in [0.25, 0.3) is 0 Å². The zero-order valence-corrected chi connectivity index (χ0v) is 11.9. The second kappa shape index (κ2) is 5.61. The highest BCUT2D eigenvalue weighted by atomic mass is 16.2. The van der Waals surface area contributed by atoms with Gasteiger partial charge in [0.15, 0.2) is 0 Å². The number of aromatic nitrogens is 4. The van der Waals surface area contributed by atoms with Gasteiger partial charge >= 0.3 is 0 Å². The maximum atomic E-state index is 12.5. The summed E-state index contributed by atoms with van der Waals surface area (Å²) in [5.41, 5.74) is 1.11. The number of tetrazole rings is 1. The zero-order chi connectivity index (χ0) is 14.7. The molecule has 7 nitrogen and oxygen atoms in total. The largest absolute Gasteiger partial charge is 0.324 e. The fourth-order valence-corrected chi connectivity index (χ4v) is 2.73. The first-order valence-electron chi connectivity index (χ1n) is 7.14. The van der Waals surface area contributed by atoms with Crippen LogP contribution >= 0.6 is 0 Å². The van der Waals surface area contributed by atoms with Gasteiger partial charge < -0.3 is 10.6 Å². The summed E-state index contributed by atoms with van der Waals surface area (Å²) in [6.07, 6.45) is 2.69. The van der Waals surface area contributed by atoms with E-state index in [0.717, 1.165) is 37.1 Å². The number of benzene rings is 1. The van der Waals surface area contributed by atoms with E-state index in [9.17, 15) is 4.79 Å². The molecule has 0 bridgehead atoms. The Hall–Kier alpha value is -2.28. The van der Waals surface area contributed by atoms with Crippen LogP contribution in [-0.4, -0.2) is 38.6 Å². The van der Waals surface area contributed by atoms with Crippen molar-refractivity contribution in [3.05, 3.63) is 24.3 Å². The fourth-order valence-electron chi connectivity index (χ4n) is 2.73. The molecule has 1 aliphatic rings. The molecule has 7 heteroatoms. The Morgan fingerprint density at radius 1 is 1.48 bits per heavy atom. The summed E-state index contributed by atoms with van der Waals surface area (Å²) >= 11 is 0. The lowest BCUT2D eigenvalue weighted by atomic mass is 9.93. The van der Waals surface area contributed by atoms with Crippen LogP contribution < -0.4 is 10.6 Å². The number of nitrogens with one attached hydrogen (secondary N) is 3. The summed E-state index contributed by atoms with van der Waals surface area (Å²) in [5, 5.41) is 20.2. The smallest absolute Gasteiger partial charge is 0.244 e. The molecule has 21 heavy (non-hydrogen) atoms. The van der Waals surface area contributed by atoms with Crippen molar-refractivity contribution >= 4 is 11.6 Å². The first-order valence-corrected chi connectivity index (χ1v) is 7.14. The van der Waals surface area contributed by atoms with Crippen LogP contribution in [0.25, 0.3) is 11.4 Å². The maximum absolute atomic E-state index is 12.5. The second-order valence-corrected chi connectivity index (χ2v) is 5.24. The molecule has 2 heterocycles. The minimum atomic E-state index is -0.442. The van der Waals surface area contributed by atoms with Crippen molar-refractivity contribution in [2.24, 2.45) is 0 Å². The SMILES string of the molecule is CCC1(C(=O)Nc2cccc(-c3nn[nH]n3)c2)CCCN1. The van der Waals surface area contributed by atoms with E-state index in [1.807, 2.05) is 31.2 Å². The van der Waals surface area contributed by atoms with Crippen LogP contribution in [0, 0.1) is 0 Å². The number of anilines is 1. The predicted octanol–water partition coefficient (Wildman–Crippen LogP) is 1.34. The van der Waals surface area contributed by atoms with E-state index < -0.39 is 5.54 Å². The average Bonchev–Trinajstić information content (AvgIpc) is 3.20. The fraction of sp³-hybridized carbons (Fsp3) is 0.429. The van der Waals surface area contributed by atoms with Crippen molar-refractivity contribution in [3.63, 3.8) is 0 Å². The molecule has 110 valence electrons. The third kappa shape index (κ3) is 2.64. The predicted molar refractivity (Wildman–Crippen MR) is 78.5 cm³/mol. The summed E-state index contributed by atoms with van der Waals surface area (Å²) in [5.74, 6) is 0.531. The van der Waals surface area contributed by atoms with Gasteiger partial charge in [-0.05, 0) is 43.2 Å². The number of carbonyl (C=O) groups excluding carboxylic acids is 1. The molecule has 3 N–H and O–H groups in total. The van der Waals surface area contributed by atoms with Gasteiger partial charge in [-0.1, -0.05) is 19.1 Å². The molecule has 0 aliphatic carbocycles. The van der Waals surface area contributed by atoms with Crippen LogP contribution in [0.5, 0.6) is 0 Å². The molecule has 0 saturated carbocycles. The third-order valence-electron chi connectivity index (χ3n) is 4.01. The van der Waals surface area contributed by atoms with Gasteiger partial charge in [-0.2, -0.15) is 5.21 Å². The number of rotatable bonds is 4. The average molecular weight is 286 g/mol. The quantitative estimate of drug-likeness (QED) is 0.788. The van der Waals surface area contributed by atoms with Gasteiger partial charge in [-0.15, -0.1) is 10.2 Å². The zero-order valence-electron chi connectivity index (χ0n) is 11.9. The Kier molecular flexibility index (Phi) is 3.66. The number of nitrogens with zero attached hydrogens (tertiary/aromatic N) is 3. The lowest BCUT2D eigenvalue weighted by Gasteiger charge is -2.26. The normalized spacial score (nSPS) is 21.4. The first kappa shape index (κ1) is 13.7. The Bertz CT molecular complexity index is 618. The Balaban J connectivity index is 1.79. The third-order valence-corrected chi connectivity index (χ3v) is 4.01. The van der Waals surface area contributed by atoms with Gasteiger partial charge in [0.1, 0.15) is 0 Å². The number of hydrogen-bond acceptors (Lipinski definition) is 5. The molecular formula is C14H18N6O.